The third-order valence-electron chi connectivity index (χ3n) is 2.99. The van der Waals surface area contributed by atoms with Gasteiger partial charge in [0.25, 0.3) is 0 Å². The second kappa shape index (κ2) is 5.11. The molecule has 0 saturated heterocycles. The van der Waals surface area contributed by atoms with Gasteiger partial charge in [-0.3, -0.25) is 0 Å². The van der Waals surface area contributed by atoms with Gasteiger partial charge in [0.15, 0.2) is 0 Å². The number of H-pyrrole nitrogens is 1. The van der Waals surface area contributed by atoms with E-state index in [1.807, 2.05) is 30.3 Å². The van der Waals surface area contributed by atoms with Crippen LogP contribution in [0.5, 0.6) is 5.75 Å². The van der Waals surface area contributed by atoms with Crippen LogP contribution in [0.1, 0.15) is 0 Å². The fraction of sp³-hybridized carbons (Fsp3) is 0.0667. The lowest BCUT2D eigenvalue weighted by Gasteiger charge is -2.10. The topological polar surface area (TPSA) is 25.0 Å². The van der Waals surface area contributed by atoms with E-state index in [1.165, 1.54) is 12.1 Å². The number of aromatic amines is 1. The summed E-state index contributed by atoms with van der Waals surface area (Å²) in [4.78, 5) is 3.23. The number of halogens is 4. The Bertz CT molecular complexity index is 762. The number of hydrogen-bond donors (Lipinski definition) is 1. The number of hydrogen-bond acceptors (Lipinski definition) is 1. The Morgan fingerprint density at radius 2 is 1.76 bits per heavy atom. The molecule has 0 atom stereocenters. The van der Waals surface area contributed by atoms with Gasteiger partial charge in [0, 0.05) is 26.6 Å². The number of alkyl halides is 3. The van der Waals surface area contributed by atoms with E-state index in [0.717, 1.165) is 22.2 Å². The van der Waals surface area contributed by atoms with Crippen LogP contribution in [0.15, 0.2) is 53.0 Å². The van der Waals surface area contributed by atoms with E-state index in [1.54, 1.807) is 6.07 Å². The van der Waals surface area contributed by atoms with Crippen molar-refractivity contribution >= 4 is 26.8 Å². The van der Waals surface area contributed by atoms with Crippen molar-refractivity contribution in [2.45, 2.75) is 6.36 Å². The highest BCUT2D eigenvalue weighted by atomic mass is 79.9. The van der Waals surface area contributed by atoms with E-state index in [4.69, 9.17) is 0 Å². The molecule has 0 aliphatic heterocycles. The van der Waals surface area contributed by atoms with Crippen molar-refractivity contribution in [1.82, 2.24) is 4.98 Å². The summed E-state index contributed by atoms with van der Waals surface area (Å²) < 4.78 is 41.0. The fourth-order valence-corrected chi connectivity index (χ4v) is 2.70. The van der Waals surface area contributed by atoms with E-state index >= 15 is 0 Å². The third-order valence-corrected chi connectivity index (χ3v) is 3.65. The number of nitrogens with one attached hydrogen (secondary N) is 1. The maximum absolute atomic E-state index is 12.2. The van der Waals surface area contributed by atoms with Crippen LogP contribution in [0.3, 0.4) is 0 Å². The number of aromatic nitrogens is 1. The van der Waals surface area contributed by atoms with E-state index in [-0.39, 0.29) is 5.75 Å². The molecular weight excluding hydrogens is 347 g/mol. The quantitative estimate of drug-likeness (QED) is 0.645. The van der Waals surface area contributed by atoms with Gasteiger partial charge in [-0.25, -0.2) is 0 Å². The van der Waals surface area contributed by atoms with Gasteiger partial charge in [-0.2, -0.15) is 0 Å². The van der Waals surface area contributed by atoms with Gasteiger partial charge in [0.05, 0.1) is 0 Å². The molecule has 0 fully saturated rings. The van der Waals surface area contributed by atoms with Crippen LogP contribution in [-0.2, 0) is 0 Å². The van der Waals surface area contributed by atoms with Gasteiger partial charge in [-0.05, 0) is 46.3 Å². The molecule has 0 amide bonds. The number of fused-ring (bicyclic) bond motifs is 1. The molecule has 0 aliphatic rings. The molecule has 0 saturated carbocycles. The van der Waals surface area contributed by atoms with Crippen molar-refractivity contribution < 1.29 is 17.9 Å². The first-order chi connectivity index (χ1) is 9.92. The Kier molecular flexibility index (Phi) is 3.41. The SMILES string of the molecule is FC(F)(F)Oc1ccc(-c2cc3ccccc3[nH]2)c(Br)c1. The summed E-state index contributed by atoms with van der Waals surface area (Å²) in [6, 6.07) is 13.9. The number of rotatable bonds is 2. The van der Waals surface area contributed by atoms with Crippen molar-refractivity contribution in [3.05, 3.63) is 53.0 Å². The van der Waals surface area contributed by atoms with Gasteiger partial charge in [0.1, 0.15) is 5.75 Å². The Morgan fingerprint density at radius 3 is 2.43 bits per heavy atom. The van der Waals surface area contributed by atoms with Crippen molar-refractivity contribution in [3.8, 4) is 17.0 Å². The van der Waals surface area contributed by atoms with Gasteiger partial charge in [0.2, 0.25) is 0 Å². The Hall–Kier alpha value is -1.95. The first-order valence-corrected chi connectivity index (χ1v) is 6.85. The molecule has 6 heteroatoms. The first-order valence-electron chi connectivity index (χ1n) is 6.06. The van der Waals surface area contributed by atoms with Crippen LogP contribution in [-0.4, -0.2) is 11.3 Å². The predicted molar refractivity (Wildman–Crippen MR) is 78.1 cm³/mol. The first kappa shape index (κ1) is 14.0. The highest BCUT2D eigenvalue weighted by Gasteiger charge is 2.31. The zero-order valence-corrected chi connectivity index (χ0v) is 12.1. The molecule has 1 heterocycles. The molecule has 2 nitrogen and oxygen atoms in total. The molecule has 2 aromatic carbocycles. The smallest absolute Gasteiger partial charge is 0.406 e. The standard InChI is InChI=1S/C15H9BrF3NO/c16-12-8-10(21-15(17,18)19)5-6-11(12)14-7-9-3-1-2-4-13(9)20-14/h1-8,20H. The van der Waals surface area contributed by atoms with E-state index < -0.39 is 6.36 Å². The zero-order chi connectivity index (χ0) is 15.0. The van der Waals surface area contributed by atoms with E-state index in [2.05, 4.69) is 25.7 Å². The van der Waals surface area contributed by atoms with Crippen LogP contribution in [0.25, 0.3) is 22.2 Å². The van der Waals surface area contributed by atoms with E-state index in [9.17, 15) is 13.2 Å². The molecule has 108 valence electrons. The van der Waals surface area contributed by atoms with Gasteiger partial charge in [-0.1, -0.05) is 18.2 Å². The maximum Gasteiger partial charge on any atom is 0.573 e. The largest absolute Gasteiger partial charge is 0.573 e. The zero-order valence-electron chi connectivity index (χ0n) is 10.5. The molecule has 0 bridgehead atoms. The average molecular weight is 356 g/mol. The molecule has 3 rings (SSSR count). The molecular formula is C15H9BrF3NO. The minimum Gasteiger partial charge on any atom is -0.406 e. The molecule has 3 aromatic rings. The van der Waals surface area contributed by atoms with E-state index in [0.29, 0.717) is 4.47 Å². The molecule has 21 heavy (non-hydrogen) atoms. The lowest BCUT2D eigenvalue weighted by molar-refractivity contribution is -0.274. The summed E-state index contributed by atoms with van der Waals surface area (Å²) in [5.41, 5.74) is 2.55. The van der Waals surface area contributed by atoms with Crippen LogP contribution in [0, 0.1) is 0 Å². The molecule has 0 unspecified atom stereocenters. The summed E-state index contributed by atoms with van der Waals surface area (Å²) in [6.45, 7) is 0. The Balaban J connectivity index is 1.99. The monoisotopic (exact) mass is 355 g/mol. The second-order valence-electron chi connectivity index (χ2n) is 4.46. The average Bonchev–Trinajstić information content (AvgIpc) is 2.80. The minimum absolute atomic E-state index is 0.255. The number of para-hydroxylation sites is 1. The minimum atomic E-state index is -4.69. The summed E-state index contributed by atoms with van der Waals surface area (Å²) in [5, 5.41) is 1.04. The fourth-order valence-electron chi connectivity index (χ4n) is 2.13. The highest BCUT2D eigenvalue weighted by molar-refractivity contribution is 9.10. The maximum atomic E-state index is 12.2. The lowest BCUT2D eigenvalue weighted by Crippen LogP contribution is -2.17. The number of ether oxygens (including phenoxy) is 1. The second-order valence-corrected chi connectivity index (χ2v) is 5.31. The van der Waals surface area contributed by atoms with Gasteiger partial charge < -0.3 is 9.72 Å². The van der Waals surface area contributed by atoms with Crippen molar-refractivity contribution in [2.24, 2.45) is 0 Å². The van der Waals surface area contributed by atoms with Crippen LogP contribution in [0.4, 0.5) is 13.2 Å². The summed E-state index contributed by atoms with van der Waals surface area (Å²) in [5.74, 6) is -0.255. The van der Waals surface area contributed by atoms with Crippen molar-refractivity contribution in [3.63, 3.8) is 0 Å². The van der Waals surface area contributed by atoms with Crippen molar-refractivity contribution in [1.29, 1.82) is 0 Å². The summed E-state index contributed by atoms with van der Waals surface area (Å²) in [7, 11) is 0. The molecule has 0 aliphatic carbocycles. The summed E-state index contributed by atoms with van der Waals surface area (Å²) in [6.07, 6.45) is -4.69. The van der Waals surface area contributed by atoms with Gasteiger partial charge >= 0.3 is 6.36 Å². The summed E-state index contributed by atoms with van der Waals surface area (Å²) >= 11 is 3.28. The van der Waals surface area contributed by atoms with Crippen LogP contribution in [0.2, 0.25) is 0 Å². The van der Waals surface area contributed by atoms with Crippen LogP contribution < -0.4 is 4.74 Å². The van der Waals surface area contributed by atoms with Crippen LogP contribution >= 0.6 is 15.9 Å². The predicted octanol–water partition coefficient (Wildman–Crippen LogP) is 5.50. The van der Waals surface area contributed by atoms with Gasteiger partial charge in [-0.15, -0.1) is 13.2 Å². The Morgan fingerprint density at radius 1 is 1.00 bits per heavy atom. The molecule has 0 radical (unpaired) electrons. The Labute approximate surface area is 126 Å². The lowest BCUT2D eigenvalue weighted by atomic mass is 10.1. The normalized spacial score (nSPS) is 11.8. The molecule has 0 spiro atoms. The third kappa shape index (κ3) is 3.05. The highest BCUT2D eigenvalue weighted by Crippen LogP contribution is 2.34. The molecule has 1 aromatic heterocycles. The molecule has 1 N–H and O–H groups in total. The van der Waals surface area contributed by atoms with Crippen molar-refractivity contribution in [2.75, 3.05) is 0 Å². The number of benzene rings is 2.